The van der Waals surface area contributed by atoms with Crippen molar-refractivity contribution < 1.29 is 0 Å². The molecule has 2 saturated heterocycles. The third-order valence-corrected chi connectivity index (χ3v) is 5.36. The highest BCUT2D eigenvalue weighted by Crippen LogP contribution is 2.19. The summed E-state index contributed by atoms with van der Waals surface area (Å²) in [6, 6.07) is 0. The molecule has 0 bridgehead atoms. The normalized spacial score (nSPS) is 24.8. The molecule has 2 aliphatic rings. The Labute approximate surface area is 136 Å². The molecule has 7 heteroatoms. The molecule has 1 unspecified atom stereocenters. The van der Waals surface area contributed by atoms with Crippen LogP contribution in [0, 0.1) is 5.92 Å². The van der Waals surface area contributed by atoms with Crippen molar-refractivity contribution in [1.82, 2.24) is 14.8 Å². The molecule has 0 spiro atoms. The Morgan fingerprint density at radius 1 is 1.36 bits per heavy atom. The van der Waals surface area contributed by atoms with Gasteiger partial charge in [-0.25, -0.2) is 4.98 Å². The molecule has 0 radical (unpaired) electrons. The molecule has 0 aromatic carbocycles. The number of rotatable bonds is 3. The fraction of sp³-hybridized carbons (Fsp3) is 0.733. The molecule has 6 nitrogen and oxygen atoms in total. The van der Waals surface area contributed by atoms with Crippen LogP contribution in [0.15, 0.2) is 16.6 Å². The SMILES string of the molecule is CN1CCCC(CN=C(N)N2CCN(c3nccs3)CC2)C1. The Morgan fingerprint density at radius 2 is 2.18 bits per heavy atom. The number of piperazine rings is 1. The van der Waals surface area contributed by atoms with E-state index in [2.05, 4.69) is 31.7 Å². The van der Waals surface area contributed by atoms with Crippen LogP contribution in [0.1, 0.15) is 12.8 Å². The Bertz CT molecular complexity index is 480. The van der Waals surface area contributed by atoms with Gasteiger partial charge in [0, 0.05) is 50.8 Å². The summed E-state index contributed by atoms with van der Waals surface area (Å²) in [6.45, 7) is 7.02. The van der Waals surface area contributed by atoms with Crippen molar-refractivity contribution in [2.75, 3.05) is 57.8 Å². The topological polar surface area (TPSA) is 61.0 Å². The standard InChI is InChI=1S/C15H26N6S/c1-19-5-2-3-13(12-19)11-18-14(16)20-6-8-21(9-7-20)15-17-4-10-22-15/h4,10,13H,2-3,5-9,11-12H2,1H3,(H2,16,18). The van der Waals surface area contributed by atoms with Gasteiger partial charge >= 0.3 is 0 Å². The summed E-state index contributed by atoms with van der Waals surface area (Å²) >= 11 is 1.70. The molecule has 3 rings (SSSR count). The van der Waals surface area contributed by atoms with E-state index >= 15 is 0 Å². The van der Waals surface area contributed by atoms with Gasteiger partial charge in [-0.2, -0.15) is 0 Å². The van der Waals surface area contributed by atoms with Crippen molar-refractivity contribution in [2.24, 2.45) is 16.6 Å². The highest BCUT2D eigenvalue weighted by Gasteiger charge is 2.21. The van der Waals surface area contributed by atoms with Crippen molar-refractivity contribution in [3.63, 3.8) is 0 Å². The van der Waals surface area contributed by atoms with Gasteiger partial charge in [-0.05, 0) is 32.4 Å². The van der Waals surface area contributed by atoms with Crippen LogP contribution in [0.5, 0.6) is 0 Å². The summed E-state index contributed by atoms with van der Waals surface area (Å²) in [4.78, 5) is 16.0. The third kappa shape index (κ3) is 3.89. The summed E-state index contributed by atoms with van der Waals surface area (Å²) in [5.74, 6) is 1.38. The minimum Gasteiger partial charge on any atom is -0.370 e. The van der Waals surface area contributed by atoms with Crippen LogP contribution in [0.4, 0.5) is 5.13 Å². The Balaban J connectivity index is 1.47. The lowest BCUT2D eigenvalue weighted by Gasteiger charge is -2.35. The second-order valence-corrected chi connectivity index (χ2v) is 7.13. The summed E-state index contributed by atoms with van der Waals surface area (Å²) in [7, 11) is 2.19. The molecule has 22 heavy (non-hydrogen) atoms. The Kier molecular flexibility index (Phi) is 5.15. The number of hydrogen-bond donors (Lipinski definition) is 1. The van der Waals surface area contributed by atoms with Gasteiger partial charge in [-0.3, -0.25) is 4.99 Å². The maximum absolute atomic E-state index is 6.20. The van der Waals surface area contributed by atoms with E-state index in [4.69, 9.17) is 5.73 Å². The van der Waals surface area contributed by atoms with Crippen LogP contribution < -0.4 is 10.6 Å². The number of aliphatic imine (C=N–C) groups is 1. The van der Waals surface area contributed by atoms with E-state index in [9.17, 15) is 0 Å². The number of nitrogens with two attached hydrogens (primary N) is 1. The number of guanidine groups is 1. The van der Waals surface area contributed by atoms with Crippen LogP contribution >= 0.6 is 11.3 Å². The highest BCUT2D eigenvalue weighted by molar-refractivity contribution is 7.13. The van der Waals surface area contributed by atoms with E-state index < -0.39 is 0 Å². The van der Waals surface area contributed by atoms with Crippen LogP contribution in [0.3, 0.4) is 0 Å². The quantitative estimate of drug-likeness (QED) is 0.662. The van der Waals surface area contributed by atoms with Gasteiger partial charge in [0.15, 0.2) is 11.1 Å². The van der Waals surface area contributed by atoms with Crippen LogP contribution in [-0.2, 0) is 0 Å². The first-order valence-electron chi connectivity index (χ1n) is 8.10. The van der Waals surface area contributed by atoms with Crippen molar-refractivity contribution in [3.8, 4) is 0 Å². The van der Waals surface area contributed by atoms with Crippen molar-refractivity contribution >= 4 is 22.4 Å². The third-order valence-electron chi connectivity index (χ3n) is 4.53. The van der Waals surface area contributed by atoms with Crippen LogP contribution in [0.25, 0.3) is 0 Å². The second kappa shape index (κ2) is 7.28. The van der Waals surface area contributed by atoms with Gasteiger partial charge < -0.3 is 20.4 Å². The number of piperidine rings is 1. The zero-order valence-electron chi connectivity index (χ0n) is 13.3. The number of anilines is 1. The molecule has 2 aliphatic heterocycles. The maximum atomic E-state index is 6.20. The zero-order chi connectivity index (χ0) is 15.4. The molecule has 2 fully saturated rings. The predicted octanol–water partition coefficient (Wildman–Crippen LogP) is 0.922. The highest BCUT2D eigenvalue weighted by atomic mass is 32.1. The first-order chi connectivity index (χ1) is 10.7. The second-order valence-electron chi connectivity index (χ2n) is 6.26. The molecule has 3 heterocycles. The molecular weight excluding hydrogens is 296 g/mol. The molecule has 1 atom stereocenters. The fourth-order valence-corrected chi connectivity index (χ4v) is 3.94. The van der Waals surface area contributed by atoms with Crippen molar-refractivity contribution in [2.45, 2.75) is 12.8 Å². The van der Waals surface area contributed by atoms with Crippen molar-refractivity contribution in [1.29, 1.82) is 0 Å². The monoisotopic (exact) mass is 322 g/mol. The number of likely N-dealkylation sites (tertiary alicyclic amines) is 1. The summed E-state index contributed by atoms with van der Waals surface area (Å²) in [6.07, 6.45) is 4.42. The number of aromatic nitrogens is 1. The van der Waals surface area contributed by atoms with E-state index in [1.54, 1.807) is 11.3 Å². The average Bonchev–Trinajstić information content (AvgIpc) is 3.07. The molecule has 1 aromatic rings. The van der Waals surface area contributed by atoms with E-state index in [0.29, 0.717) is 11.9 Å². The lowest BCUT2D eigenvalue weighted by molar-refractivity contribution is 0.214. The molecule has 122 valence electrons. The number of hydrogen-bond acceptors (Lipinski definition) is 5. The molecule has 0 amide bonds. The average molecular weight is 322 g/mol. The lowest BCUT2D eigenvalue weighted by Crippen LogP contribution is -2.51. The minimum atomic E-state index is 0.661. The van der Waals surface area contributed by atoms with E-state index in [1.165, 1.54) is 19.4 Å². The van der Waals surface area contributed by atoms with E-state index in [-0.39, 0.29) is 0 Å². The van der Waals surface area contributed by atoms with Gasteiger partial charge in [-0.1, -0.05) is 0 Å². The molecule has 0 aliphatic carbocycles. The number of thiazole rings is 1. The molecular formula is C15H26N6S. The van der Waals surface area contributed by atoms with Gasteiger partial charge in [0.2, 0.25) is 0 Å². The van der Waals surface area contributed by atoms with Crippen LogP contribution in [0.2, 0.25) is 0 Å². The first kappa shape index (κ1) is 15.6. The summed E-state index contributed by atoms with van der Waals surface area (Å²) in [5.41, 5.74) is 6.20. The van der Waals surface area contributed by atoms with Gasteiger partial charge in [0.05, 0.1) is 0 Å². The van der Waals surface area contributed by atoms with Crippen molar-refractivity contribution in [3.05, 3.63) is 11.6 Å². The molecule has 2 N–H and O–H groups in total. The zero-order valence-corrected chi connectivity index (χ0v) is 14.1. The van der Waals surface area contributed by atoms with Gasteiger partial charge in [0.25, 0.3) is 0 Å². The van der Waals surface area contributed by atoms with Crippen LogP contribution in [-0.4, -0.2) is 73.6 Å². The van der Waals surface area contributed by atoms with E-state index in [1.807, 2.05) is 11.6 Å². The Morgan fingerprint density at radius 3 is 2.86 bits per heavy atom. The number of nitrogens with zero attached hydrogens (tertiary/aromatic N) is 5. The van der Waals surface area contributed by atoms with Gasteiger partial charge in [-0.15, -0.1) is 11.3 Å². The maximum Gasteiger partial charge on any atom is 0.191 e. The lowest BCUT2D eigenvalue weighted by atomic mass is 9.99. The summed E-state index contributed by atoms with van der Waals surface area (Å²) < 4.78 is 0. The fourth-order valence-electron chi connectivity index (χ4n) is 3.24. The first-order valence-corrected chi connectivity index (χ1v) is 8.98. The van der Waals surface area contributed by atoms with E-state index in [0.717, 1.165) is 44.4 Å². The predicted molar refractivity (Wildman–Crippen MR) is 92.6 cm³/mol. The summed E-state index contributed by atoms with van der Waals surface area (Å²) in [5, 5.41) is 3.14. The molecule has 0 saturated carbocycles. The van der Waals surface area contributed by atoms with Gasteiger partial charge in [0.1, 0.15) is 0 Å². The minimum absolute atomic E-state index is 0.661. The smallest absolute Gasteiger partial charge is 0.191 e. The largest absolute Gasteiger partial charge is 0.370 e. The Hall–Kier alpha value is -1.34. The molecule has 1 aromatic heterocycles.